The SMILES string of the molecule is COC(=O)c1ccc(N2CCN(CC3=C(c4ccc(Cl)cc4)CCC(C)(CO[Si](C)(C)C(C)(C)C)C3)CC2)cc1Br. The summed E-state index contributed by atoms with van der Waals surface area (Å²) >= 11 is 9.80. The predicted octanol–water partition coefficient (Wildman–Crippen LogP) is 8.68. The van der Waals surface area contributed by atoms with Gasteiger partial charge in [0, 0.05) is 54.5 Å². The summed E-state index contributed by atoms with van der Waals surface area (Å²) in [5.41, 5.74) is 6.13. The molecule has 1 heterocycles. The van der Waals surface area contributed by atoms with E-state index < -0.39 is 8.32 Å². The van der Waals surface area contributed by atoms with Crippen molar-refractivity contribution in [2.24, 2.45) is 5.41 Å². The molecule has 4 rings (SSSR count). The van der Waals surface area contributed by atoms with Crippen molar-refractivity contribution in [2.45, 2.75) is 65.1 Å². The van der Waals surface area contributed by atoms with Crippen LogP contribution in [-0.2, 0) is 9.16 Å². The van der Waals surface area contributed by atoms with Gasteiger partial charge < -0.3 is 14.1 Å². The minimum absolute atomic E-state index is 0.135. The van der Waals surface area contributed by atoms with Gasteiger partial charge in [-0.2, -0.15) is 0 Å². The lowest BCUT2D eigenvalue weighted by Gasteiger charge is -2.43. The highest BCUT2D eigenvalue weighted by molar-refractivity contribution is 9.10. The molecule has 1 saturated heterocycles. The van der Waals surface area contributed by atoms with E-state index in [0.717, 1.165) is 73.8 Å². The Hall–Kier alpha value is -1.64. The number of hydrogen-bond acceptors (Lipinski definition) is 5. The number of carbonyl (C=O) groups is 1. The molecular weight excluding hydrogens is 616 g/mol. The number of esters is 1. The smallest absolute Gasteiger partial charge is 0.339 e. The Labute approximate surface area is 261 Å². The van der Waals surface area contributed by atoms with Crippen LogP contribution in [0.5, 0.6) is 0 Å². The fourth-order valence-electron chi connectivity index (χ4n) is 5.57. The van der Waals surface area contributed by atoms with Crippen LogP contribution >= 0.6 is 27.5 Å². The van der Waals surface area contributed by atoms with Gasteiger partial charge in [0.2, 0.25) is 0 Å². The lowest BCUT2D eigenvalue weighted by Crippen LogP contribution is -2.47. The molecule has 0 spiro atoms. The molecule has 0 aromatic heterocycles. The molecule has 1 aliphatic heterocycles. The highest BCUT2D eigenvalue weighted by Crippen LogP contribution is 2.45. The van der Waals surface area contributed by atoms with Crippen molar-refractivity contribution in [1.82, 2.24) is 4.90 Å². The van der Waals surface area contributed by atoms with E-state index in [-0.39, 0.29) is 16.4 Å². The zero-order valence-electron chi connectivity index (χ0n) is 25.8. The third kappa shape index (κ3) is 7.85. The predicted molar refractivity (Wildman–Crippen MR) is 178 cm³/mol. The van der Waals surface area contributed by atoms with Crippen molar-refractivity contribution >= 4 is 53.1 Å². The minimum Gasteiger partial charge on any atom is -0.465 e. The Morgan fingerprint density at radius 1 is 1.07 bits per heavy atom. The van der Waals surface area contributed by atoms with Crippen LogP contribution in [0.1, 0.15) is 62.9 Å². The molecule has 1 atom stereocenters. The molecule has 41 heavy (non-hydrogen) atoms. The van der Waals surface area contributed by atoms with E-state index in [1.807, 2.05) is 30.3 Å². The molecule has 2 aliphatic rings. The zero-order valence-corrected chi connectivity index (χ0v) is 29.1. The third-order valence-electron chi connectivity index (χ3n) is 9.34. The average molecular weight is 662 g/mol. The number of methoxy groups -OCH3 is 1. The fourth-order valence-corrected chi connectivity index (χ4v) is 7.37. The lowest BCUT2D eigenvalue weighted by molar-refractivity contribution is 0.0599. The number of allylic oxidation sites excluding steroid dienone is 1. The van der Waals surface area contributed by atoms with Crippen molar-refractivity contribution in [3.8, 4) is 0 Å². The van der Waals surface area contributed by atoms with E-state index in [4.69, 9.17) is 20.8 Å². The number of rotatable bonds is 8. The topological polar surface area (TPSA) is 42.0 Å². The maximum atomic E-state index is 12.0. The molecule has 2 aromatic carbocycles. The van der Waals surface area contributed by atoms with Crippen LogP contribution in [0.3, 0.4) is 0 Å². The highest BCUT2D eigenvalue weighted by Gasteiger charge is 2.40. The van der Waals surface area contributed by atoms with Crippen LogP contribution in [0.25, 0.3) is 5.57 Å². The van der Waals surface area contributed by atoms with Crippen molar-refractivity contribution in [3.63, 3.8) is 0 Å². The third-order valence-corrected chi connectivity index (χ3v) is 14.7. The molecule has 1 unspecified atom stereocenters. The molecule has 0 radical (unpaired) electrons. The van der Waals surface area contributed by atoms with Crippen LogP contribution in [0.15, 0.2) is 52.5 Å². The van der Waals surface area contributed by atoms with E-state index >= 15 is 0 Å². The summed E-state index contributed by atoms with van der Waals surface area (Å²) in [6.45, 7) is 19.8. The van der Waals surface area contributed by atoms with Gasteiger partial charge in [0.1, 0.15) is 0 Å². The Morgan fingerprint density at radius 2 is 1.73 bits per heavy atom. The second-order valence-corrected chi connectivity index (χ2v) is 19.6. The van der Waals surface area contributed by atoms with E-state index in [1.54, 1.807) is 5.57 Å². The molecule has 5 nitrogen and oxygen atoms in total. The van der Waals surface area contributed by atoms with Crippen molar-refractivity contribution in [3.05, 3.63) is 68.7 Å². The Morgan fingerprint density at radius 3 is 2.32 bits per heavy atom. The van der Waals surface area contributed by atoms with Gasteiger partial charge in [0.15, 0.2) is 8.32 Å². The number of hydrogen-bond donors (Lipinski definition) is 0. The number of anilines is 1. The van der Waals surface area contributed by atoms with Crippen LogP contribution in [0, 0.1) is 5.41 Å². The molecule has 0 saturated carbocycles. The highest BCUT2D eigenvalue weighted by atomic mass is 79.9. The van der Waals surface area contributed by atoms with Gasteiger partial charge in [0.05, 0.1) is 12.7 Å². The van der Waals surface area contributed by atoms with Gasteiger partial charge in [0.25, 0.3) is 0 Å². The first-order chi connectivity index (χ1) is 19.2. The second-order valence-electron chi connectivity index (χ2n) is 13.5. The van der Waals surface area contributed by atoms with E-state index in [2.05, 4.69) is 78.7 Å². The Bertz CT molecular complexity index is 1270. The summed E-state index contributed by atoms with van der Waals surface area (Å²) in [5, 5.41) is 0.988. The van der Waals surface area contributed by atoms with Gasteiger partial charge in [-0.15, -0.1) is 0 Å². The minimum atomic E-state index is -1.82. The van der Waals surface area contributed by atoms with E-state index in [9.17, 15) is 4.79 Å². The van der Waals surface area contributed by atoms with E-state index in [1.165, 1.54) is 18.2 Å². The van der Waals surface area contributed by atoms with Gasteiger partial charge in [-0.3, -0.25) is 4.90 Å². The van der Waals surface area contributed by atoms with E-state index in [0.29, 0.717) is 5.56 Å². The van der Waals surface area contributed by atoms with Crippen LogP contribution in [0.4, 0.5) is 5.69 Å². The maximum absolute atomic E-state index is 12.0. The molecule has 0 N–H and O–H groups in total. The van der Waals surface area contributed by atoms with Gasteiger partial charge >= 0.3 is 5.97 Å². The summed E-state index contributed by atoms with van der Waals surface area (Å²) < 4.78 is 12.4. The molecule has 8 heteroatoms. The van der Waals surface area contributed by atoms with Crippen LogP contribution in [0.2, 0.25) is 23.2 Å². The van der Waals surface area contributed by atoms with Crippen molar-refractivity contribution in [1.29, 1.82) is 0 Å². The molecule has 1 fully saturated rings. The summed E-state index contributed by atoms with van der Waals surface area (Å²) in [6.07, 6.45) is 3.25. The standard InChI is InChI=1S/C33H46BrClN2O3Si/c1-32(2,3)41(6,7)40-23-33(4)15-14-28(24-8-10-26(35)11-9-24)25(21-33)22-36-16-18-37(19-17-36)27-12-13-29(30(34)20-27)31(38)39-5/h8-13,20H,14-19,21-23H2,1-7H3. The monoisotopic (exact) mass is 660 g/mol. The van der Waals surface area contributed by atoms with Gasteiger partial charge in [-0.05, 0) is 100 Å². The molecule has 0 amide bonds. The summed E-state index contributed by atoms with van der Waals surface area (Å²) in [7, 11) is -0.411. The van der Waals surface area contributed by atoms with Gasteiger partial charge in [-0.25, -0.2) is 4.79 Å². The summed E-state index contributed by atoms with van der Waals surface area (Å²) in [4.78, 5) is 17.0. The average Bonchev–Trinajstić information content (AvgIpc) is 2.92. The van der Waals surface area contributed by atoms with Crippen LogP contribution < -0.4 is 4.90 Å². The largest absolute Gasteiger partial charge is 0.465 e. The number of ether oxygens (including phenoxy) is 1. The quantitative estimate of drug-likeness (QED) is 0.209. The first kappa shape index (κ1) is 32.3. The molecule has 1 aliphatic carbocycles. The molecule has 2 aromatic rings. The van der Waals surface area contributed by atoms with Gasteiger partial charge in [-0.1, -0.05) is 57.0 Å². The van der Waals surface area contributed by atoms with Crippen molar-refractivity contribution in [2.75, 3.05) is 51.3 Å². The second kappa shape index (κ2) is 12.9. The molecule has 224 valence electrons. The van der Waals surface area contributed by atoms with Crippen LogP contribution in [-0.4, -0.2) is 65.6 Å². The first-order valence-corrected chi connectivity index (χ1v) is 18.8. The Balaban J connectivity index is 1.48. The lowest BCUT2D eigenvalue weighted by atomic mass is 9.72. The molecular formula is C33H46BrClN2O3Si. The number of nitrogens with zero attached hydrogens (tertiary/aromatic N) is 2. The normalized spacial score (nSPS) is 20.9. The number of halogens is 2. The summed E-state index contributed by atoms with van der Waals surface area (Å²) in [5.74, 6) is -0.327. The fraction of sp³-hybridized carbons (Fsp3) is 0.545. The van der Waals surface area contributed by atoms with Crippen molar-refractivity contribution < 1.29 is 14.0 Å². The number of benzene rings is 2. The number of carbonyl (C=O) groups excluding carboxylic acids is 1. The summed E-state index contributed by atoms with van der Waals surface area (Å²) in [6, 6.07) is 14.3. The molecule has 0 bridgehead atoms. The number of piperazine rings is 1. The Kier molecular flexibility index (Phi) is 10.2. The first-order valence-electron chi connectivity index (χ1n) is 14.7. The maximum Gasteiger partial charge on any atom is 0.339 e. The zero-order chi connectivity index (χ0) is 30.0.